The zero-order chi connectivity index (χ0) is 20.3. The third-order valence-corrected chi connectivity index (χ3v) is 4.22. The van der Waals surface area contributed by atoms with Gasteiger partial charge in [-0.15, -0.1) is 0 Å². The number of aliphatic hydroxyl groups excluding tert-OH is 3. The van der Waals surface area contributed by atoms with Crippen LogP contribution in [0.5, 0.6) is 0 Å². The van der Waals surface area contributed by atoms with Crippen molar-refractivity contribution in [2.45, 2.75) is 24.2 Å². The largest absolute Gasteiger partial charge is 0.393 e. The van der Waals surface area contributed by atoms with Crippen LogP contribution in [0.3, 0.4) is 0 Å². The van der Waals surface area contributed by atoms with Crippen molar-refractivity contribution in [1.82, 2.24) is 9.55 Å². The van der Waals surface area contributed by atoms with Gasteiger partial charge < -0.3 is 25.4 Å². The number of azide groups is 1. The minimum Gasteiger partial charge on any atom is -0.393 e. The Morgan fingerprint density at radius 1 is 1.36 bits per heavy atom. The maximum atomic E-state index is 12.3. The predicted molar refractivity (Wildman–Crippen MR) is 94.0 cm³/mol. The highest BCUT2D eigenvalue weighted by Crippen LogP contribution is 2.37. The topological polar surface area (TPSA) is 183 Å². The van der Waals surface area contributed by atoms with Crippen molar-refractivity contribution in [2.24, 2.45) is 5.11 Å². The number of hydrogen-bond acceptors (Lipinski definition) is 8. The van der Waals surface area contributed by atoms with Gasteiger partial charge in [0.1, 0.15) is 18.0 Å². The Bertz CT molecular complexity index is 975. The molecule has 1 saturated heterocycles. The highest BCUT2D eigenvalue weighted by molar-refractivity contribution is 6.03. The summed E-state index contributed by atoms with van der Waals surface area (Å²) in [6, 6.07) is 9.58. The standard InChI is InChI=1S/C16H16N6O6/c17-21-20-16(8-23)12(25)11(24)14(28-16)22-7-6-10(19-15(22)27)18-13(26)9-4-2-1-3-5-9/h1-7,11-12,14,23-25H,8H2,(H,18,19,26,27)/t11-,12+,14-,16-/m1/s1. The minimum absolute atomic E-state index is 0.0356. The molecule has 0 radical (unpaired) electrons. The molecule has 1 aromatic heterocycles. The highest BCUT2D eigenvalue weighted by atomic mass is 16.6. The highest BCUT2D eigenvalue weighted by Gasteiger charge is 2.54. The van der Waals surface area contributed by atoms with Crippen LogP contribution in [-0.2, 0) is 4.74 Å². The second kappa shape index (κ2) is 7.76. The third kappa shape index (κ3) is 3.45. The van der Waals surface area contributed by atoms with Crippen LogP contribution < -0.4 is 11.0 Å². The van der Waals surface area contributed by atoms with E-state index in [0.717, 1.165) is 4.57 Å². The summed E-state index contributed by atoms with van der Waals surface area (Å²) < 4.78 is 6.13. The molecule has 0 bridgehead atoms. The molecule has 28 heavy (non-hydrogen) atoms. The number of rotatable bonds is 5. The summed E-state index contributed by atoms with van der Waals surface area (Å²) in [5.41, 5.74) is 5.93. The number of carbonyl (C=O) groups is 1. The zero-order valence-corrected chi connectivity index (χ0v) is 14.3. The smallest absolute Gasteiger partial charge is 0.351 e. The molecule has 0 saturated carbocycles. The molecule has 0 spiro atoms. The molecule has 1 aromatic carbocycles. The van der Waals surface area contributed by atoms with Crippen LogP contribution in [0.4, 0.5) is 5.82 Å². The molecule has 2 heterocycles. The van der Waals surface area contributed by atoms with E-state index in [2.05, 4.69) is 20.3 Å². The maximum Gasteiger partial charge on any atom is 0.351 e. The van der Waals surface area contributed by atoms with Gasteiger partial charge in [-0.3, -0.25) is 9.36 Å². The Morgan fingerprint density at radius 2 is 2.07 bits per heavy atom. The van der Waals surface area contributed by atoms with Crippen LogP contribution in [-0.4, -0.2) is 55.3 Å². The average Bonchev–Trinajstić information content (AvgIpc) is 2.94. The Hall–Kier alpha value is -3.28. The van der Waals surface area contributed by atoms with E-state index in [1.807, 2.05) is 0 Å². The van der Waals surface area contributed by atoms with Crippen LogP contribution in [0.2, 0.25) is 0 Å². The molecule has 2 aromatic rings. The van der Waals surface area contributed by atoms with Gasteiger partial charge in [-0.2, -0.15) is 4.98 Å². The average molecular weight is 388 g/mol. The van der Waals surface area contributed by atoms with E-state index in [1.54, 1.807) is 30.3 Å². The number of hydrogen-bond donors (Lipinski definition) is 4. The third-order valence-electron chi connectivity index (χ3n) is 4.22. The molecule has 1 aliphatic heterocycles. The second-order valence-electron chi connectivity index (χ2n) is 5.96. The van der Waals surface area contributed by atoms with Gasteiger partial charge in [0.2, 0.25) is 5.72 Å². The zero-order valence-electron chi connectivity index (χ0n) is 14.3. The number of carbonyl (C=O) groups excluding carboxylic acids is 1. The first kappa shape index (κ1) is 19.5. The van der Waals surface area contributed by atoms with Gasteiger partial charge >= 0.3 is 5.69 Å². The Kier molecular flexibility index (Phi) is 5.40. The lowest BCUT2D eigenvalue weighted by Crippen LogP contribution is -2.44. The number of nitrogens with zero attached hydrogens (tertiary/aromatic N) is 5. The molecular weight excluding hydrogens is 372 g/mol. The van der Waals surface area contributed by atoms with E-state index in [-0.39, 0.29) is 5.82 Å². The summed E-state index contributed by atoms with van der Waals surface area (Å²) in [6.45, 7) is -0.917. The summed E-state index contributed by atoms with van der Waals surface area (Å²) in [7, 11) is 0. The van der Waals surface area contributed by atoms with Crippen molar-refractivity contribution in [3.05, 3.63) is 69.1 Å². The summed E-state index contributed by atoms with van der Waals surface area (Å²) in [5, 5.41) is 35.3. The molecule has 0 unspecified atom stereocenters. The Labute approximate surface area is 157 Å². The van der Waals surface area contributed by atoms with E-state index in [1.165, 1.54) is 12.3 Å². The number of amides is 1. The molecule has 1 amide bonds. The van der Waals surface area contributed by atoms with Crippen molar-refractivity contribution in [3.63, 3.8) is 0 Å². The summed E-state index contributed by atoms with van der Waals surface area (Å²) in [5.74, 6) is -0.507. The van der Waals surface area contributed by atoms with Crippen molar-refractivity contribution >= 4 is 11.7 Å². The van der Waals surface area contributed by atoms with Crippen molar-refractivity contribution in [1.29, 1.82) is 0 Å². The number of aromatic nitrogens is 2. The van der Waals surface area contributed by atoms with Gasteiger partial charge in [0.05, 0.1) is 6.61 Å². The molecule has 1 fully saturated rings. The lowest BCUT2D eigenvalue weighted by Gasteiger charge is -2.23. The van der Waals surface area contributed by atoms with E-state index < -0.39 is 42.4 Å². The first-order chi connectivity index (χ1) is 13.4. The summed E-state index contributed by atoms with van der Waals surface area (Å²) in [4.78, 5) is 30.6. The first-order valence-electron chi connectivity index (χ1n) is 8.08. The molecule has 4 atom stereocenters. The van der Waals surface area contributed by atoms with E-state index in [4.69, 9.17) is 10.3 Å². The summed E-state index contributed by atoms with van der Waals surface area (Å²) >= 11 is 0. The quantitative estimate of drug-likeness (QED) is 0.309. The normalized spacial score (nSPS) is 26.5. The fraction of sp³-hybridized carbons (Fsp3) is 0.312. The first-order valence-corrected chi connectivity index (χ1v) is 8.08. The van der Waals surface area contributed by atoms with E-state index >= 15 is 0 Å². The van der Waals surface area contributed by atoms with E-state index in [9.17, 15) is 24.9 Å². The minimum atomic E-state index is -2.14. The molecule has 4 N–H and O–H groups in total. The Balaban J connectivity index is 1.84. The molecule has 12 nitrogen and oxygen atoms in total. The van der Waals surface area contributed by atoms with Gasteiger partial charge in [-0.1, -0.05) is 23.3 Å². The predicted octanol–water partition coefficient (Wildman–Crippen LogP) is -0.255. The van der Waals surface area contributed by atoms with Crippen LogP contribution in [0.25, 0.3) is 10.4 Å². The van der Waals surface area contributed by atoms with Gasteiger partial charge in [0, 0.05) is 16.7 Å². The Morgan fingerprint density at radius 3 is 2.68 bits per heavy atom. The van der Waals surface area contributed by atoms with Crippen LogP contribution in [0.15, 0.2) is 52.5 Å². The van der Waals surface area contributed by atoms with Crippen LogP contribution >= 0.6 is 0 Å². The SMILES string of the molecule is [N-]=[N+]=N[C@]1(CO)O[C@@H](n2ccc(NC(=O)c3ccccc3)nc2=O)[C@H](O)[C@@H]1O. The lowest BCUT2D eigenvalue weighted by atomic mass is 10.1. The monoisotopic (exact) mass is 388 g/mol. The van der Waals surface area contributed by atoms with Gasteiger partial charge in [0.25, 0.3) is 5.91 Å². The second-order valence-corrected chi connectivity index (χ2v) is 5.96. The van der Waals surface area contributed by atoms with Crippen LogP contribution in [0.1, 0.15) is 16.6 Å². The molecular formula is C16H16N6O6. The number of nitrogens with one attached hydrogen (secondary N) is 1. The fourth-order valence-corrected chi connectivity index (χ4v) is 2.77. The molecule has 0 aliphatic carbocycles. The number of benzene rings is 1. The number of ether oxygens (including phenoxy) is 1. The molecule has 12 heteroatoms. The fourth-order valence-electron chi connectivity index (χ4n) is 2.77. The van der Waals surface area contributed by atoms with E-state index in [0.29, 0.717) is 5.56 Å². The van der Waals surface area contributed by atoms with Crippen molar-refractivity contribution in [2.75, 3.05) is 11.9 Å². The van der Waals surface area contributed by atoms with Gasteiger partial charge in [-0.05, 0) is 23.7 Å². The number of anilines is 1. The molecule has 146 valence electrons. The van der Waals surface area contributed by atoms with Crippen molar-refractivity contribution in [3.8, 4) is 0 Å². The lowest BCUT2D eigenvalue weighted by molar-refractivity contribution is -0.125. The van der Waals surface area contributed by atoms with Crippen LogP contribution in [0, 0.1) is 0 Å². The van der Waals surface area contributed by atoms with Gasteiger partial charge in [0.15, 0.2) is 6.23 Å². The van der Waals surface area contributed by atoms with Gasteiger partial charge in [-0.25, -0.2) is 4.79 Å². The molecule has 1 aliphatic rings. The number of aliphatic hydroxyl groups is 3. The molecule has 3 rings (SSSR count). The summed E-state index contributed by atoms with van der Waals surface area (Å²) in [6.07, 6.45) is -3.74. The van der Waals surface area contributed by atoms with Crippen molar-refractivity contribution < 1.29 is 24.9 Å². The maximum absolute atomic E-state index is 12.3.